The molecule has 0 atom stereocenters. The highest BCUT2D eigenvalue weighted by Crippen LogP contribution is 2.34. The van der Waals surface area contributed by atoms with Crippen molar-refractivity contribution in [3.63, 3.8) is 0 Å². The van der Waals surface area contributed by atoms with Crippen LogP contribution in [0.4, 0.5) is 11.4 Å². The number of fused-ring (bicyclic) bond motifs is 1. The molecule has 0 aliphatic carbocycles. The van der Waals surface area contributed by atoms with Gasteiger partial charge in [0.2, 0.25) is 0 Å². The van der Waals surface area contributed by atoms with Gasteiger partial charge < -0.3 is 14.8 Å². The van der Waals surface area contributed by atoms with Crippen LogP contribution in [0, 0.1) is 0 Å². The van der Waals surface area contributed by atoms with Crippen molar-refractivity contribution < 1.29 is 22.7 Å². The molecule has 0 fully saturated rings. The van der Waals surface area contributed by atoms with Crippen LogP contribution in [-0.2, 0) is 10.0 Å². The molecule has 4 rings (SSSR count). The zero-order valence-corrected chi connectivity index (χ0v) is 22.0. The number of benzene rings is 3. The molecule has 1 aromatic heterocycles. The minimum atomic E-state index is -3.88. The number of hydrogen-bond donors (Lipinski definition) is 1. The summed E-state index contributed by atoms with van der Waals surface area (Å²) in [6.07, 6.45) is 0. The standard InChI is InChI=1S/C24H20Cl2N2O5S2/c1-28(35(30,31)19-5-6-20(32-2)21(13-19)33-3)18-4-7-22-14(8-18)9-23(34-22)24(29)27-17-11-15(25)10-16(26)12-17/h4-13H,1-3H3,(H,27,29). The summed E-state index contributed by atoms with van der Waals surface area (Å²) >= 11 is 13.3. The highest BCUT2D eigenvalue weighted by atomic mass is 35.5. The van der Waals surface area contributed by atoms with Crippen molar-refractivity contribution in [3.05, 3.63) is 75.6 Å². The van der Waals surface area contributed by atoms with E-state index in [1.807, 2.05) is 0 Å². The third-order valence-electron chi connectivity index (χ3n) is 5.22. The number of anilines is 2. The Labute approximate surface area is 216 Å². The van der Waals surface area contributed by atoms with Crippen LogP contribution in [0.2, 0.25) is 10.0 Å². The molecule has 35 heavy (non-hydrogen) atoms. The fourth-order valence-electron chi connectivity index (χ4n) is 3.43. The first kappa shape index (κ1) is 25.1. The monoisotopic (exact) mass is 550 g/mol. The largest absolute Gasteiger partial charge is 0.493 e. The first-order valence-electron chi connectivity index (χ1n) is 10.1. The Morgan fingerprint density at radius 2 is 1.60 bits per heavy atom. The second kappa shape index (κ2) is 9.94. The lowest BCUT2D eigenvalue weighted by Gasteiger charge is -2.20. The zero-order chi connectivity index (χ0) is 25.3. The second-order valence-corrected chi connectivity index (χ2v) is 11.4. The van der Waals surface area contributed by atoms with Crippen molar-refractivity contribution in [3.8, 4) is 11.5 Å². The number of carbonyl (C=O) groups excluding carboxylic acids is 1. The molecule has 0 spiro atoms. The van der Waals surface area contributed by atoms with Gasteiger partial charge in [-0.15, -0.1) is 11.3 Å². The topological polar surface area (TPSA) is 84.9 Å². The van der Waals surface area contributed by atoms with Crippen molar-refractivity contribution in [1.29, 1.82) is 0 Å². The molecule has 0 aliphatic rings. The van der Waals surface area contributed by atoms with Gasteiger partial charge in [-0.05, 0) is 60.0 Å². The molecule has 0 aliphatic heterocycles. The van der Waals surface area contributed by atoms with Crippen LogP contribution in [0.1, 0.15) is 9.67 Å². The number of rotatable bonds is 7. The smallest absolute Gasteiger partial charge is 0.265 e. The lowest BCUT2D eigenvalue weighted by Crippen LogP contribution is -2.26. The lowest BCUT2D eigenvalue weighted by atomic mass is 10.2. The van der Waals surface area contributed by atoms with E-state index in [0.29, 0.717) is 37.8 Å². The number of thiophene rings is 1. The summed E-state index contributed by atoms with van der Waals surface area (Å²) < 4.78 is 38.9. The van der Waals surface area contributed by atoms with E-state index in [1.54, 1.807) is 48.5 Å². The Hall–Kier alpha value is -2.98. The SMILES string of the molecule is COc1ccc(S(=O)(=O)N(C)c2ccc3sc(C(=O)Nc4cc(Cl)cc(Cl)c4)cc3c2)cc1OC. The van der Waals surface area contributed by atoms with Crippen LogP contribution in [0.3, 0.4) is 0 Å². The van der Waals surface area contributed by atoms with Crippen LogP contribution in [0.5, 0.6) is 11.5 Å². The van der Waals surface area contributed by atoms with Gasteiger partial charge in [-0.1, -0.05) is 23.2 Å². The predicted octanol–water partition coefficient (Wildman–Crippen LogP) is 6.30. The van der Waals surface area contributed by atoms with Gasteiger partial charge in [0.15, 0.2) is 11.5 Å². The number of sulfonamides is 1. The quantitative estimate of drug-likeness (QED) is 0.291. The number of carbonyl (C=O) groups is 1. The minimum Gasteiger partial charge on any atom is -0.493 e. The van der Waals surface area contributed by atoms with Gasteiger partial charge in [-0.25, -0.2) is 8.42 Å². The Balaban J connectivity index is 1.61. The fraction of sp³-hybridized carbons (Fsp3) is 0.125. The molecule has 0 bridgehead atoms. The molecule has 0 saturated heterocycles. The van der Waals surface area contributed by atoms with Crippen LogP contribution >= 0.6 is 34.5 Å². The Kier molecular flexibility index (Phi) is 7.14. The van der Waals surface area contributed by atoms with Gasteiger partial charge in [-0.3, -0.25) is 9.10 Å². The summed E-state index contributed by atoms with van der Waals surface area (Å²) in [5.41, 5.74) is 0.921. The van der Waals surface area contributed by atoms with Crippen LogP contribution in [0.25, 0.3) is 10.1 Å². The van der Waals surface area contributed by atoms with E-state index >= 15 is 0 Å². The number of amides is 1. The molecular weight excluding hydrogens is 531 g/mol. The van der Waals surface area contributed by atoms with E-state index in [9.17, 15) is 13.2 Å². The molecule has 1 heterocycles. The third-order valence-corrected chi connectivity index (χ3v) is 8.55. The number of nitrogens with zero attached hydrogens (tertiary/aromatic N) is 1. The molecule has 3 aromatic carbocycles. The maximum atomic E-state index is 13.3. The van der Waals surface area contributed by atoms with Gasteiger partial charge in [-0.2, -0.15) is 0 Å². The summed E-state index contributed by atoms with van der Waals surface area (Å²) in [5, 5.41) is 4.33. The Morgan fingerprint density at radius 1 is 0.914 bits per heavy atom. The fourth-order valence-corrected chi connectivity index (χ4v) is 6.10. The maximum absolute atomic E-state index is 13.3. The van der Waals surface area contributed by atoms with E-state index in [2.05, 4.69) is 5.32 Å². The maximum Gasteiger partial charge on any atom is 0.265 e. The number of nitrogens with one attached hydrogen (secondary N) is 1. The Bertz CT molecular complexity index is 1520. The second-order valence-electron chi connectivity index (χ2n) is 7.43. The normalized spacial score (nSPS) is 11.3. The van der Waals surface area contributed by atoms with Gasteiger partial charge in [0.1, 0.15) is 0 Å². The number of hydrogen-bond acceptors (Lipinski definition) is 6. The summed E-state index contributed by atoms with van der Waals surface area (Å²) in [7, 11) is 0.509. The van der Waals surface area contributed by atoms with Crippen LogP contribution < -0.4 is 19.1 Å². The predicted molar refractivity (Wildman–Crippen MR) is 141 cm³/mol. The first-order valence-corrected chi connectivity index (χ1v) is 13.2. The average Bonchev–Trinajstić information content (AvgIpc) is 3.26. The summed E-state index contributed by atoms with van der Waals surface area (Å²) in [6.45, 7) is 0. The molecule has 1 N–H and O–H groups in total. The van der Waals surface area contributed by atoms with Crippen molar-refractivity contribution >= 4 is 71.9 Å². The van der Waals surface area contributed by atoms with E-state index in [1.165, 1.54) is 49.0 Å². The molecule has 0 unspecified atom stereocenters. The van der Waals surface area contributed by atoms with Crippen molar-refractivity contribution in [2.45, 2.75) is 4.90 Å². The lowest BCUT2D eigenvalue weighted by molar-refractivity contribution is 0.103. The molecule has 4 aromatic rings. The summed E-state index contributed by atoms with van der Waals surface area (Å²) in [4.78, 5) is 13.3. The molecule has 182 valence electrons. The van der Waals surface area contributed by atoms with Gasteiger partial charge >= 0.3 is 0 Å². The summed E-state index contributed by atoms with van der Waals surface area (Å²) in [6, 6.07) is 16.1. The average molecular weight is 551 g/mol. The molecule has 1 amide bonds. The van der Waals surface area contributed by atoms with Gasteiger partial charge in [0.25, 0.3) is 15.9 Å². The first-order chi connectivity index (χ1) is 16.6. The van der Waals surface area contributed by atoms with Crippen molar-refractivity contribution in [1.82, 2.24) is 0 Å². The zero-order valence-electron chi connectivity index (χ0n) is 18.8. The van der Waals surface area contributed by atoms with Crippen molar-refractivity contribution in [2.24, 2.45) is 0 Å². The highest BCUT2D eigenvalue weighted by molar-refractivity contribution is 7.92. The minimum absolute atomic E-state index is 0.0586. The Morgan fingerprint density at radius 3 is 2.26 bits per heavy atom. The highest BCUT2D eigenvalue weighted by Gasteiger charge is 2.24. The molecular formula is C24H20Cl2N2O5S2. The molecule has 7 nitrogen and oxygen atoms in total. The van der Waals surface area contributed by atoms with Crippen molar-refractivity contribution in [2.75, 3.05) is 30.9 Å². The van der Waals surface area contributed by atoms with E-state index in [0.717, 1.165) is 10.1 Å². The number of halogens is 2. The van der Waals surface area contributed by atoms with E-state index < -0.39 is 10.0 Å². The van der Waals surface area contributed by atoms with Gasteiger partial charge in [0.05, 0.1) is 29.7 Å². The summed E-state index contributed by atoms with van der Waals surface area (Å²) in [5.74, 6) is 0.420. The van der Waals surface area contributed by atoms with E-state index in [-0.39, 0.29) is 10.8 Å². The number of methoxy groups -OCH3 is 2. The van der Waals surface area contributed by atoms with E-state index in [4.69, 9.17) is 32.7 Å². The molecule has 0 radical (unpaired) electrons. The van der Waals surface area contributed by atoms with Crippen LogP contribution in [0.15, 0.2) is 65.6 Å². The van der Waals surface area contributed by atoms with Crippen LogP contribution in [-0.4, -0.2) is 35.6 Å². The van der Waals surface area contributed by atoms with Gasteiger partial charge in [0, 0.05) is 33.5 Å². The molecule has 11 heteroatoms. The number of ether oxygens (including phenoxy) is 2. The third kappa shape index (κ3) is 5.18. The molecule has 0 saturated carbocycles.